The zero-order valence-electron chi connectivity index (χ0n) is 7.44. The van der Waals surface area contributed by atoms with Gasteiger partial charge in [0.15, 0.2) is 0 Å². The van der Waals surface area contributed by atoms with Crippen molar-refractivity contribution in [1.29, 1.82) is 0 Å². The van der Waals surface area contributed by atoms with Crippen molar-refractivity contribution < 1.29 is 14.4 Å². The van der Waals surface area contributed by atoms with Crippen LogP contribution in [0.5, 0.6) is 0 Å². The van der Waals surface area contributed by atoms with Crippen LogP contribution in [0.4, 0.5) is 4.79 Å². The maximum absolute atomic E-state index is 10.8. The molecule has 0 aliphatic carbocycles. The van der Waals surface area contributed by atoms with Gasteiger partial charge in [-0.25, -0.2) is 4.79 Å². The van der Waals surface area contributed by atoms with E-state index in [0.29, 0.717) is 5.92 Å². The lowest BCUT2D eigenvalue weighted by atomic mass is 9.86. The van der Waals surface area contributed by atoms with Crippen LogP contribution in [-0.4, -0.2) is 36.8 Å². The second-order valence-electron chi connectivity index (χ2n) is 3.66. The molecule has 3 fully saturated rings. The van der Waals surface area contributed by atoms with Crippen LogP contribution in [0, 0.1) is 5.92 Å². The SMILES string of the molecule is NOC(=O)OC1CN2CCC1CC2. The molecule has 74 valence electrons. The summed E-state index contributed by atoms with van der Waals surface area (Å²) in [4.78, 5) is 17.0. The minimum absolute atomic E-state index is 0.0152. The molecule has 0 aromatic carbocycles. The van der Waals surface area contributed by atoms with Crippen LogP contribution in [0.2, 0.25) is 0 Å². The van der Waals surface area contributed by atoms with Gasteiger partial charge >= 0.3 is 6.16 Å². The Morgan fingerprint density at radius 2 is 2.08 bits per heavy atom. The van der Waals surface area contributed by atoms with Crippen LogP contribution in [0.15, 0.2) is 0 Å². The number of nitrogens with zero attached hydrogens (tertiary/aromatic N) is 1. The summed E-state index contributed by atoms with van der Waals surface area (Å²) in [6, 6.07) is 0. The molecule has 2 N–H and O–H groups in total. The fourth-order valence-electron chi connectivity index (χ4n) is 2.20. The van der Waals surface area contributed by atoms with Crippen molar-refractivity contribution >= 4 is 6.16 Å². The quantitative estimate of drug-likeness (QED) is 0.465. The van der Waals surface area contributed by atoms with Crippen LogP contribution >= 0.6 is 0 Å². The highest BCUT2D eigenvalue weighted by Crippen LogP contribution is 2.29. The van der Waals surface area contributed by atoms with E-state index in [1.165, 1.54) is 0 Å². The van der Waals surface area contributed by atoms with Gasteiger partial charge in [0.25, 0.3) is 0 Å². The number of hydrogen-bond donors (Lipinski definition) is 1. The zero-order chi connectivity index (χ0) is 9.26. The van der Waals surface area contributed by atoms with Gasteiger partial charge in [0.1, 0.15) is 6.10 Å². The molecule has 3 aliphatic rings. The third-order valence-corrected chi connectivity index (χ3v) is 2.94. The topological polar surface area (TPSA) is 64.8 Å². The number of fused-ring (bicyclic) bond motifs is 3. The van der Waals surface area contributed by atoms with Gasteiger partial charge in [-0.05, 0) is 31.8 Å². The van der Waals surface area contributed by atoms with Crippen LogP contribution < -0.4 is 5.90 Å². The largest absolute Gasteiger partial charge is 0.527 e. The Labute approximate surface area is 76.7 Å². The Bertz CT molecular complexity index is 202. The van der Waals surface area contributed by atoms with E-state index in [2.05, 4.69) is 9.74 Å². The molecular weight excluding hydrogens is 172 g/mol. The van der Waals surface area contributed by atoms with Crippen molar-refractivity contribution in [3.05, 3.63) is 0 Å². The van der Waals surface area contributed by atoms with Gasteiger partial charge < -0.3 is 9.57 Å². The number of rotatable bonds is 1. The van der Waals surface area contributed by atoms with E-state index in [4.69, 9.17) is 10.6 Å². The minimum atomic E-state index is -0.765. The lowest BCUT2D eigenvalue weighted by molar-refractivity contribution is -0.0586. The first kappa shape index (κ1) is 8.77. The summed E-state index contributed by atoms with van der Waals surface area (Å²) in [5, 5.41) is 0. The Morgan fingerprint density at radius 1 is 1.38 bits per heavy atom. The molecule has 0 amide bonds. The number of nitrogens with two attached hydrogens (primary N) is 1. The number of carbonyl (C=O) groups excluding carboxylic acids is 1. The third-order valence-electron chi connectivity index (χ3n) is 2.94. The predicted octanol–water partition coefficient (Wildman–Crippen LogP) is 0.107. The molecule has 5 heteroatoms. The Hall–Kier alpha value is -0.810. The second-order valence-corrected chi connectivity index (χ2v) is 3.66. The van der Waals surface area contributed by atoms with E-state index in [1.54, 1.807) is 0 Å². The predicted molar refractivity (Wildman–Crippen MR) is 44.7 cm³/mol. The summed E-state index contributed by atoms with van der Waals surface area (Å²) in [5.41, 5.74) is 0. The van der Waals surface area contributed by atoms with Gasteiger partial charge in [0, 0.05) is 6.54 Å². The number of hydrogen-bond acceptors (Lipinski definition) is 5. The number of piperidine rings is 3. The van der Waals surface area contributed by atoms with E-state index < -0.39 is 6.16 Å². The first-order valence-corrected chi connectivity index (χ1v) is 4.59. The zero-order valence-corrected chi connectivity index (χ0v) is 7.44. The highest BCUT2D eigenvalue weighted by atomic mass is 16.8. The van der Waals surface area contributed by atoms with Crippen LogP contribution in [0.1, 0.15) is 12.8 Å². The summed E-state index contributed by atoms with van der Waals surface area (Å²) in [6.45, 7) is 3.09. The van der Waals surface area contributed by atoms with Crippen LogP contribution in [0.3, 0.4) is 0 Å². The summed E-state index contributed by atoms with van der Waals surface area (Å²) in [7, 11) is 0. The fraction of sp³-hybridized carbons (Fsp3) is 0.875. The molecule has 0 saturated carbocycles. The highest BCUT2D eigenvalue weighted by molar-refractivity contribution is 5.59. The first-order valence-electron chi connectivity index (χ1n) is 4.59. The smallest absolute Gasteiger partial charge is 0.428 e. The normalized spacial score (nSPS) is 37.2. The molecule has 0 radical (unpaired) electrons. The second kappa shape index (κ2) is 3.51. The molecule has 0 aromatic heterocycles. The molecular formula is C8H14N2O3. The summed E-state index contributed by atoms with van der Waals surface area (Å²) in [5.74, 6) is 5.20. The number of carbonyl (C=O) groups is 1. The average Bonchev–Trinajstić information content (AvgIpc) is 2.19. The van der Waals surface area contributed by atoms with Crippen LogP contribution in [0.25, 0.3) is 0 Å². The van der Waals surface area contributed by atoms with Gasteiger partial charge in [-0.2, -0.15) is 5.90 Å². The molecule has 5 nitrogen and oxygen atoms in total. The molecule has 3 aliphatic heterocycles. The maximum Gasteiger partial charge on any atom is 0.527 e. The lowest BCUT2D eigenvalue weighted by Gasteiger charge is -2.43. The highest BCUT2D eigenvalue weighted by Gasteiger charge is 2.36. The van der Waals surface area contributed by atoms with Crippen molar-refractivity contribution in [1.82, 2.24) is 4.90 Å². The Kier molecular flexibility index (Phi) is 2.37. The first-order chi connectivity index (χ1) is 6.29. The van der Waals surface area contributed by atoms with Crippen LogP contribution in [-0.2, 0) is 9.57 Å². The van der Waals surface area contributed by atoms with Crippen molar-refractivity contribution in [2.75, 3.05) is 19.6 Å². The monoisotopic (exact) mass is 186 g/mol. The standard InChI is InChI=1S/C8H14N2O3/c9-13-8(11)12-7-5-10-3-1-6(7)2-4-10/h6-7H,1-5,9H2. The van der Waals surface area contributed by atoms with E-state index in [0.717, 1.165) is 32.5 Å². The molecule has 0 aromatic rings. The Balaban J connectivity index is 1.90. The van der Waals surface area contributed by atoms with Gasteiger partial charge in [0.2, 0.25) is 0 Å². The molecule has 2 bridgehead atoms. The molecule has 13 heavy (non-hydrogen) atoms. The molecule has 3 saturated heterocycles. The molecule has 3 rings (SSSR count). The van der Waals surface area contributed by atoms with Gasteiger partial charge in [-0.15, -0.1) is 0 Å². The van der Waals surface area contributed by atoms with Gasteiger partial charge in [0.05, 0.1) is 0 Å². The van der Waals surface area contributed by atoms with E-state index in [1.807, 2.05) is 0 Å². The minimum Gasteiger partial charge on any atom is -0.428 e. The van der Waals surface area contributed by atoms with E-state index in [9.17, 15) is 4.79 Å². The van der Waals surface area contributed by atoms with Gasteiger partial charge in [-0.1, -0.05) is 0 Å². The van der Waals surface area contributed by atoms with Crippen molar-refractivity contribution in [2.24, 2.45) is 11.8 Å². The molecule has 1 atom stereocenters. The molecule has 1 unspecified atom stereocenters. The van der Waals surface area contributed by atoms with Crippen molar-refractivity contribution in [3.8, 4) is 0 Å². The lowest BCUT2D eigenvalue weighted by Crippen LogP contribution is -2.52. The fourth-order valence-corrected chi connectivity index (χ4v) is 2.20. The molecule has 3 heterocycles. The average molecular weight is 186 g/mol. The Morgan fingerprint density at radius 3 is 2.54 bits per heavy atom. The van der Waals surface area contributed by atoms with E-state index >= 15 is 0 Å². The van der Waals surface area contributed by atoms with Crippen molar-refractivity contribution in [2.45, 2.75) is 18.9 Å². The van der Waals surface area contributed by atoms with Crippen molar-refractivity contribution in [3.63, 3.8) is 0 Å². The third kappa shape index (κ3) is 1.76. The van der Waals surface area contributed by atoms with E-state index in [-0.39, 0.29) is 6.10 Å². The summed E-state index contributed by atoms with van der Waals surface area (Å²) >= 11 is 0. The maximum atomic E-state index is 10.8. The number of ether oxygens (including phenoxy) is 1. The summed E-state index contributed by atoms with van der Waals surface area (Å²) < 4.78 is 5.05. The molecule has 0 spiro atoms. The van der Waals surface area contributed by atoms with Gasteiger partial charge in [-0.3, -0.25) is 4.90 Å². The summed E-state index contributed by atoms with van der Waals surface area (Å²) in [6.07, 6.45) is 1.45.